The highest BCUT2D eigenvalue weighted by Gasteiger charge is 2.44. The highest BCUT2D eigenvalue weighted by atomic mass is 16.4. The molecule has 92 valence electrons. The van der Waals surface area contributed by atoms with Crippen molar-refractivity contribution < 1.29 is 9.90 Å². The van der Waals surface area contributed by atoms with Crippen molar-refractivity contribution in [3.05, 3.63) is 35.5 Å². The highest BCUT2D eigenvalue weighted by Crippen LogP contribution is 2.54. The third-order valence-electron chi connectivity index (χ3n) is 4.72. The molecule has 0 amide bonds. The fraction of sp³-hybridized carbons (Fsp3) is 0.400. The normalized spacial score (nSPS) is 29.4. The van der Waals surface area contributed by atoms with E-state index in [4.69, 9.17) is 0 Å². The number of para-hydroxylation sites is 1. The van der Waals surface area contributed by atoms with Crippen LogP contribution >= 0.6 is 0 Å². The number of benzene rings is 1. The lowest BCUT2D eigenvalue weighted by Gasteiger charge is -2.40. The maximum atomic E-state index is 11.4. The Hall–Kier alpha value is -1.77. The molecule has 1 heterocycles. The number of carbonyl (C=O) groups is 1. The van der Waals surface area contributed by atoms with Gasteiger partial charge in [0.05, 0.1) is 5.92 Å². The molecule has 18 heavy (non-hydrogen) atoms. The maximum absolute atomic E-state index is 11.4. The van der Waals surface area contributed by atoms with Crippen molar-refractivity contribution in [1.29, 1.82) is 0 Å². The van der Waals surface area contributed by atoms with Crippen LogP contribution in [-0.2, 0) is 4.79 Å². The molecule has 1 fully saturated rings. The number of carboxylic acids is 1. The van der Waals surface area contributed by atoms with E-state index in [0.717, 1.165) is 24.8 Å². The van der Waals surface area contributed by atoms with Gasteiger partial charge in [-0.2, -0.15) is 0 Å². The first-order chi connectivity index (χ1) is 8.75. The molecule has 0 saturated heterocycles. The molecular weight excluding hydrogens is 226 g/mol. The van der Waals surface area contributed by atoms with Gasteiger partial charge in [-0.1, -0.05) is 18.2 Å². The van der Waals surface area contributed by atoms with Gasteiger partial charge in [0, 0.05) is 22.5 Å². The predicted octanol–water partition coefficient (Wildman–Crippen LogP) is 3.23. The Morgan fingerprint density at radius 3 is 2.94 bits per heavy atom. The monoisotopic (exact) mass is 241 g/mol. The molecule has 3 heteroatoms. The second-order valence-electron chi connectivity index (χ2n) is 5.56. The van der Waals surface area contributed by atoms with Crippen molar-refractivity contribution in [2.24, 2.45) is 5.92 Å². The molecule has 3 nitrogen and oxygen atoms in total. The van der Waals surface area contributed by atoms with Crippen molar-refractivity contribution in [3.8, 4) is 0 Å². The Kier molecular flexibility index (Phi) is 1.91. The topological polar surface area (TPSA) is 53.1 Å². The average Bonchev–Trinajstić information content (AvgIpc) is 2.80. The van der Waals surface area contributed by atoms with Gasteiger partial charge >= 0.3 is 5.97 Å². The fourth-order valence-corrected chi connectivity index (χ4v) is 3.97. The Labute approximate surface area is 105 Å². The zero-order chi connectivity index (χ0) is 12.3. The van der Waals surface area contributed by atoms with E-state index < -0.39 is 5.97 Å². The number of hydrogen-bond acceptors (Lipinski definition) is 1. The van der Waals surface area contributed by atoms with Gasteiger partial charge in [0.2, 0.25) is 0 Å². The molecular formula is C15H15NO2. The zero-order valence-corrected chi connectivity index (χ0v) is 10.0. The Bertz CT molecular complexity index is 643. The van der Waals surface area contributed by atoms with Crippen molar-refractivity contribution in [2.45, 2.75) is 31.1 Å². The summed E-state index contributed by atoms with van der Waals surface area (Å²) in [4.78, 5) is 14.8. The van der Waals surface area contributed by atoms with E-state index in [2.05, 4.69) is 23.2 Å². The minimum atomic E-state index is -0.631. The van der Waals surface area contributed by atoms with Gasteiger partial charge in [-0.15, -0.1) is 0 Å². The smallest absolute Gasteiger partial charge is 0.307 e. The van der Waals surface area contributed by atoms with Crippen molar-refractivity contribution >= 4 is 16.9 Å². The average molecular weight is 241 g/mol. The second kappa shape index (κ2) is 3.37. The number of aromatic nitrogens is 1. The minimum absolute atomic E-state index is 0.190. The lowest BCUT2D eigenvalue weighted by Crippen LogP contribution is -2.34. The fourth-order valence-electron chi connectivity index (χ4n) is 3.97. The molecule has 0 aliphatic heterocycles. The molecule has 1 aromatic carbocycles. The summed E-state index contributed by atoms with van der Waals surface area (Å²) in [6.45, 7) is 0. The molecule has 3 atom stereocenters. The third kappa shape index (κ3) is 1.17. The Morgan fingerprint density at radius 1 is 1.28 bits per heavy atom. The van der Waals surface area contributed by atoms with E-state index in [1.165, 1.54) is 16.6 Å². The number of nitrogens with one attached hydrogen (secondary N) is 1. The number of carboxylic acid groups (broad SMARTS) is 1. The summed E-state index contributed by atoms with van der Waals surface area (Å²) in [5.74, 6) is -0.199. The number of fused-ring (bicyclic) bond motifs is 3. The van der Waals surface area contributed by atoms with Crippen molar-refractivity contribution in [2.75, 3.05) is 0 Å². The summed E-state index contributed by atoms with van der Waals surface area (Å²) in [6, 6.07) is 8.33. The molecule has 2 N–H and O–H groups in total. The SMILES string of the molecule is O=C(O)C1CC2CCC1c1[nH]c3ccccc3c12. The minimum Gasteiger partial charge on any atom is -0.481 e. The van der Waals surface area contributed by atoms with Crippen LogP contribution in [0.15, 0.2) is 24.3 Å². The van der Waals surface area contributed by atoms with Crippen LogP contribution in [0, 0.1) is 5.92 Å². The van der Waals surface area contributed by atoms with Gasteiger partial charge in [-0.25, -0.2) is 0 Å². The largest absolute Gasteiger partial charge is 0.481 e. The predicted molar refractivity (Wildman–Crippen MR) is 68.8 cm³/mol. The Balaban J connectivity index is 1.96. The second-order valence-corrected chi connectivity index (χ2v) is 5.56. The van der Waals surface area contributed by atoms with E-state index in [1.807, 2.05) is 6.07 Å². The summed E-state index contributed by atoms with van der Waals surface area (Å²) in [6.07, 6.45) is 2.97. The molecule has 3 aliphatic carbocycles. The van der Waals surface area contributed by atoms with Crippen LogP contribution in [0.2, 0.25) is 0 Å². The molecule has 3 aliphatic rings. The summed E-state index contributed by atoms with van der Waals surface area (Å²) < 4.78 is 0. The molecule has 1 saturated carbocycles. The first-order valence-electron chi connectivity index (χ1n) is 6.59. The molecule has 5 rings (SSSR count). The van der Waals surface area contributed by atoms with E-state index in [0.29, 0.717) is 5.92 Å². The van der Waals surface area contributed by atoms with Crippen LogP contribution in [0.1, 0.15) is 42.4 Å². The number of H-pyrrole nitrogens is 1. The lowest BCUT2D eigenvalue weighted by molar-refractivity contribution is -0.144. The molecule has 3 unspecified atom stereocenters. The van der Waals surface area contributed by atoms with Crippen LogP contribution in [0.5, 0.6) is 0 Å². The quantitative estimate of drug-likeness (QED) is 0.805. The molecule has 0 radical (unpaired) electrons. The van der Waals surface area contributed by atoms with Crippen LogP contribution in [0.25, 0.3) is 10.9 Å². The van der Waals surface area contributed by atoms with Gasteiger partial charge < -0.3 is 10.1 Å². The first-order valence-corrected chi connectivity index (χ1v) is 6.59. The van der Waals surface area contributed by atoms with Crippen molar-refractivity contribution in [1.82, 2.24) is 4.98 Å². The number of aromatic amines is 1. The van der Waals surface area contributed by atoms with Gasteiger partial charge in [0.1, 0.15) is 0 Å². The zero-order valence-electron chi connectivity index (χ0n) is 10.0. The first kappa shape index (κ1) is 10.2. The van der Waals surface area contributed by atoms with Gasteiger partial charge in [-0.3, -0.25) is 4.79 Å². The number of hydrogen-bond donors (Lipinski definition) is 2. The van der Waals surface area contributed by atoms with Crippen LogP contribution in [-0.4, -0.2) is 16.1 Å². The lowest BCUT2D eigenvalue weighted by atomic mass is 9.63. The Morgan fingerprint density at radius 2 is 2.11 bits per heavy atom. The van der Waals surface area contributed by atoms with Crippen molar-refractivity contribution in [3.63, 3.8) is 0 Å². The van der Waals surface area contributed by atoms with Gasteiger partial charge in [0.15, 0.2) is 0 Å². The maximum Gasteiger partial charge on any atom is 0.307 e. The molecule has 2 aromatic rings. The summed E-state index contributed by atoms with van der Waals surface area (Å²) in [5.41, 5.74) is 3.76. The number of rotatable bonds is 1. The summed E-state index contributed by atoms with van der Waals surface area (Å²) >= 11 is 0. The molecule has 1 aromatic heterocycles. The van der Waals surface area contributed by atoms with Crippen LogP contribution in [0.4, 0.5) is 0 Å². The van der Waals surface area contributed by atoms with E-state index in [-0.39, 0.29) is 11.8 Å². The van der Waals surface area contributed by atoms with Crippen LogP contribution < -0.4 is 0 Å². The van der Waals surface area contributed by atoms with E-state index >= 15 is 0 Å². The molecule has 0 spiro atoms. The number of aliphatic carboxylic acids is 1. The van der Waals surface area contributed by atoms with Crippen LogP contribution in [0.3, 0.4) is 0 Å². The van der Waals surface area contributed by atoms with E-state index in [1.54, 1.807) is 0 Å². The highest BCUT2D eigenvalue weighted by molar-refractivity contribution is 5.87. The van der Waals surface area contributed by atoms with E-state index in [9.17, 15) is 9.90 Å². The molecule has 2 bridgehead atoms. The summed E-state index contributed by atoms with van der Waals surface area (Å²) in [7, 11) is 0. The van der Waals surface area contributed by atoms with Gasteiger partial charge in [-0.05, 0) is 36.8 Å². The summed E-state index contributed by atoms with van der Waals surface area (Å²) in [5, 5.41) is 10.6. The third-order valence-corrected chi connectivity index (χ3v) is 4.72. The standard InChI is InChI=1S/C15H15NO2/c17-15(18)11-7-8-5-6-9(11)14-13(8)10-3-1-2-4-12(10)16-14/h1-4,8-9,11,16H,5-7H2,(H,17,18). The van der Waals surface area contributed by atoms with Gasteiger partial charge in [0.25, 0.3) is 0 Å².